The molecule has 6 rings (SSSR count). The van der Waals surface area contributed by atoms with Gasteiger partial charge in [0.2, 0.25) is 0 Å². The predicted molar refractivity (Wildman–Crippen MR) is 123 cm³/mol. The van der Waals surface area contributed by atoms with Crippen LogP contribution in [0.2, 0.25) is 5.02 Å². The zero-order valence-electron chi connectivity index (χ0n) is 18.2. The molecule has 31 heavy (non-hydrogen) atoms. The number of aromatic nitrogens is 2. The van der Waals surface area contributed by atoms with E-state index in [0.29, 0.717) is 5.92 Å². The summed E-state index contributed by atoms with van der Waals surface area (Å²) in [6, 6.07) is 6.10. The summed E-state index contributed by atoms with van der Waals surface area (Å²) >= 11 is 6.38. The summed E-state index contributed by atoms with van der Waals surface area (Å²) in [5.74, 6) is 1.51. The van der Waals surface area contributed by atoms with E-state index in [9.17, 15) is 0 Å². The Hall–Kier alpha value is -2.66. The maximum atomic E-state index is 6.38. The van der Waals surface area contributed by atoms with Crippen molar-refractivity contribution in [2.24, 2.45) is 5.92 Å². The van der Waals surface area contributed by atoms with E-state index in [-0.39, 0.29) is 11.0 Å². The summed E-state index contributed by atoms with van der Waals surface area (Å²) < 4.78 is 8.43. The number of fused-ring (bicyclic) bond motifs is 4. The van der Waals surface area contributed by atoms with Gasteiger partial charge in [-0.25, -0.2) is 4.98 Å². The Kier molecular flexibility index (Phi) is 3.95. The summed E-state index contributed by atoms with van der Waals surface area (Å²) in [6.07, 6.45) is 14.0. The Balaban J connectivity index is 1.27. The summed E-state index contributed by atoms with van der Waals surface area (Å²) in [6.45, 7) is 9.43. The number of rotatable bonds is 3. The molecule has 0 radical (unpaired) electrons. The van der Waals surface area contributed by atoms with Crippen molar-refractivity contribution in [1.29, 1.82) is 0 Å². The number of imidazole rings is 1. The number of hydrogen-bond donors (Lipinski definition) is 0. The van der Waals surface area contributed by atoms with Crippen LogP contribution < -0.4 is 4.74 Å². The number of benzene rings is 1. The second-order valence-electron chi connectivity index (χ2n) is 9.79. The van der Waals surface area contributed by atoms with Gasteiger partial charge in [0.1, 0.15) is 11.4 Å². The third-order valence-corrected chi connectivity index (χ3v) is 7.48. The van der Waals surface area contributed by atoms with Crippen LogP contribution >= 0.6 is 11.6 Å². The van der Waals surface area contributed by atoms with E-state index < -0.39 is 0 Å². The lowest BCUT2D eigenvalue weighted by Crippen LogP contribution is -2.45. The fraction of sp³-hybridized carbons (Fsp3) is 0.400. The molecule has 4 heterocycles. The van der Waals surface area contributed by atoms with Crippen LogP contribution in [0.15, 0.2) is 61.0 Å². The largest absolute Gasteiger partial charge is 0.487 e. The van der Waals surface area contributed by atoms with Gasteiger partial charge in [0, 0.05) is 60.2 Å². The molecule has 0 N–H and O–H groups in total. The van der Waals surface area contributed by atoms with Crippen LogP contribution in [-0.2, 0) is 5.41 Å². The average Bonchev–Trinajstić information content (AvgIpc) is 3.34. The van der Waals surface area contributed by atoms with Gasteiger partial charge >= 0.3 is 0 Å². The smallest absolute Gasteiger partial charge is 0.124 e. The highest BCUT2D eigenvalue weighted by atomic mass is 35.5. The van der Waals surface area contributed by atoms with Crippen molar-refractivity contribution >= 4 is 17.3 Å². The molecular formula is C25H27ClN4O. The summed E-state index contributed by atoms with van der Waals surface area (Å²) in [4.78, 5) is 9.17. The molecule has 1 aliphatic carbocycles. The Bertz CT molecular complexity index is 1160. The first kappa shape index (κ1) is 19.1. The average molecular weight is 435 g/mol. The molecule has 6 heteroatoms. The molecule has 1 fully saturated rings. The molecule has 0 amide bonds. The first-order chi connectivity index (χ1) is 14.8. The molecule has 2 atom stereocenters. The van der Waals surface area contributed by atoms with Gasteiger partial charge in [-0.3, -0.25) is 0 Å². The molecule has 0 spiro atoms. The summed E-state index contributed by atoms with van der Waals surface area (Å²) in [5, 5.41) is 0.790. The molecule has 0 saturated heterocycles. The zero-order valence-corrected chi connectivity index (χ0v) is 18.9. The monoisotopic (exact) mass is 434 g/mol. The fourth-order valence-corrected chi connectivity index (χ4v) is 5.83. The van der Waals surface area contributed by atoms with E-state index in [1.165, 1.54) is 11.3 Å². The molecule has 5 nitrogen and oxygen atoms in total. The lowest BCUT2D eigenvalue weighted by molar-refractivity contribution is 0.0552. The zero-order chi connectivity index (χ0) is 21.4. The predicted octanol–water partition coefficient (Wildman–Crippen LogP) is 4.80. The Morgan fingerprint density at radius 2 is 2.00 bits per heavy atom. The fourth-order valence-electron chi connectivity index (χ4n) is 5.65. The van der Waals surface area contributed by atoms with Crippen LogP contribution in [0.3, 0.4) is 0 Å². The first-order valence-corrected chi connectivity index (χ1v) is 11.3. The molecule has 0 unspecified atom stereocenters. The van der Waals surface area contributed by atoms with E-state index in [4.69, 9.17) is 16.3 Å². The Labute approximate surface area is 188 Å². The quantitative estimate of drug-likeness (QED) is 0.694. The van der Waals surface area contributed by atoms with Gasteiger partial charge in [0.15, 0.2) is 0 Å². The van der Waals surface area contributed by atoms with Crippen molar-refractivity contribution in [3.05, 3.63) is 77.3 Å². The number of halogens is 1. The second kappa shape index (κ2) is 6.42. The van der Waals surface area contributed by atoms with Crippen molar-refractivity contribution in [3.8, 4) is 5.75 Å². The number of hydrogen-bond acceptors (Lipinski definition) is 4. The van der Waals surface area contributed by atoms with Crippen LogP contribution in [0, 0.1) is 12.8 Å². The SMILES string of the molecule is Cc1cn(C2=CN3CCN(C[C@@]45C[C@@H]4C(C)(C)Oc4ccc(Cl)cc45)C=C3C=C2)cn1. The molecule has 1 saturated carbocycles. The third kappa shape index (κ3) is 3.01. The standard InChI is InChI=1S/C25H27ClN4O/c1-17-12-30(16-27-17)20-6-5-19-13-28(8-9-29(19)14-20)15-25-11-23(25)24(2,3)31-22-7-4-18(26)10-21(22)25/h4-7,10,12-14,16,23H,8-9,11,15H2,1-3H3/t23-,25-/m1/s1. The molecule has 1 aromatic carbocycles. The van der Waals surface area contributed by atoms with E-state index in [0.717, 1.165) is 48.2 Å². The van der Waals surface area contributed by atoms with Gasteiger partial charge in [-0.05, 0) is 57.5 Å². The number of aryl methyl sites for hydroxylation is 1. The number of ether oxygens (including phenoxy) is 1. The van der Waals surface area contributed by atoms with E-state index in [1.54, 1.807) is 0 Å². The minimum atomic E-state index is -0.152. The van der Waals surface area contributed by atoms with Crippen molar-refractivity contribution in [2.45, 2.75) is 38.2 Å². The molecule has 2 aromatic rings. The lowest BCUT2D eigenvalue weighted by atomic mass is 9.83. The molecular weight excluding hydrogens is 408 g/mol. The van der Waals surface area contributed by atoms with Crippen LogP contribution in [0.25, 0.3) is 5.70 Å². The van der Waals surface area contributed by atoms with E-state index in [2.05, 4.69) is 70.0 Å². The maximum Gasteiger partial charge on any atom is 0.124 e. The van der Waals surface area contributed by atoms with Gasteiger partial charge < -0.3 is 19.1 Å². The number of nitrogens with zero attached hydrogens (tertiary/aromatic N) is 4. The van der Waals surface area contributed by atoms with Gasteiger partial charge in [-0.1, -0.05) is 11.6 Å². The number of allylic oxidation sites excluding steroid dienone is 3. The van der Waals surface area contributed by atoms with E-state index in [1.807, 2.05) is 25.4 Å². The second-order valence-corrected chi connectivity index (χ2v) is 10.2. The topological polar surface area (TPSA) is 33.5 Å². The first-order valence-electron chi connectivity index (χ1n) is 11.0. The van der Waals surface area contributed by atoms with Crippen molar-refractivity contribution in [2.75, 3.05) is 19.6 Å². The Morgan fingerprint density at radius 1 is 1.16 bits per heavy atom. The van der Waals surface area contributed by atoms with Crippen LogP contribution in [-0.4, -0.2) is 44.6 Å². The van der Waals surface area contributed by atoms with Crippen molar-refractivity contribution in [3.63, 3.8) is 0 Å². The lowest BCUT2D eigenvalue weighted by Gasteiger charge is -2.41. The molecule has 4 aliphatic rings. The molecule has 160 valence electrons. The Morgan fingerprint density at radius 3 is 2.81 bits per heavy atom. The van der Waals surface area contributed by atoms with Gasteiger partial charge in [-0.2, -0.15) is 0 Å². The maximum absolute atomic E-state index is 6.38. The summed E-state index contributed by atoms with van der Waals surface area (Å²) in [7, 11) is 0. The third-order valence-electron chi connectivity index (χ3n) is 7.25. The van der Waals surface area contributed by atoms with Crippen LogP contribution in [0.4, 0.5) is 0 Å². The van der Waals surface area contributed by atoms with Gasteiger partial charge in [-0.15, -0.1) is 0 Å². The highest BCUT2D eigenvalue weighted by Crippen LogP contribution is 2.65. The minimum absolute atomic E-state index is 0.120. The van der Waals surface area contributed by atoms with Crippen molar-refractivity contribution < 1.29 is 4.74 Å². The van der Waals surface area contributed by atoms with Crippen LogP contribution in [0.1, 0.15) is 31.5 Å². The van der Waals surface area contributed by atoms with Gasteiger partial charge in [0.25, 0.3) is 0 Å². The van der Waals surface area contributed by atoms with Crippen LogP contribution in [0.5, 0.6) is 5.75 Å². The van der Waals surface area contributed by atoms with E-state index >= 15 is 0 Å². The minimum Gasteiger partial charge on any atom is -0.487 e. The van der Waals surface area contributed by atoms with Gasteiger partial charge in [0.05, 0.1) is 23.4 Å². The molecule has 1 aromatic heterocycles. The van der Waals surface area contributed by atoms with Crippen molar-refractivity contribution in [1.82, 2.24) is 19.4 Å². The highest BCUT2D eigenvalue weighted by molar-refractivity contribution is 6.30. The normalized spacial score (nSPS) is 27.5. The summed E-state index contributed by atoms with van der Waals surface area (Å²) in [5.41, 5.74) is 4.65. The molecule has 3 aliphatic heterocycles. The molecule has 0 bridgehead atoms. The highest BCUT2D eigenvalue weighted by Gasteiger charge is 2.66.